The highest BCUT2D eigenvalue weighted by molar-refractivity contribution is 5.92. The van der Waals surface area contributed by atoms with Crippen LogP contribution >= 0.6 is 0 Å². The number of nitrogens with one attached hydrogen (secondary N) is 1. The van der Waals surface area contributed by atoms with E-state index in [2.05, 4.69) is 15.3 Å². The number of hydrogen-bond acceptors (Lipinski definition) is 8. The number of methoxy groups -OCH3 is 1. The fourth-order valence-corrected chi connectivity index (χ4v) is 2.07. The van der Waals surface area contributed by atoms with Crippen molar-refractivity contribution in [2.45, 2.75) is 6.92 Å². The molecule has 0 aromatic heterocycles. The number of hydrazone groups is 1. The van der Waals surface area contributed by atoms with Gasteiger partial charge in [-0.25, -0.2) is 15.0 Å². The molecule has 1 amide bonds. The van der Waals surface area contributed by atoms with Crippen LogP contribution in [0, 0.1) is 10.1 Å². The number of ether oxygens (including phenoxy) is 3. The predicted octanol–water partition coefficient (Wildman–Crippen LogP) is 2.90. The van der Waals surface area contributed by atoms with Crippen LogP contribution in [-0.4, -0.2) is 36.9 Å². The molecule has 2 rings (SSSR count). The minimum absolute atomic E-state index is 0.0320. The van der Waals surface area contributed by atoms with Gasteiger partial charge in [-0.15, -0.1) is 0 Å². The number of amides is 1. The number of non-ortho nitro benzene ring substituents is 1. The Bertz CT molecular complexity index is 912. The van der Waals surface area contributed by atoms with Crippen molar-refractivity contribution in [3.63, 3.8) is 0 Å². The number of esters is 1. The van der Waals surface area contributed by atoms with E-state index in [-0.39, 0.29) is 22.7 Å². The summed E-state index contributed by atoms with van der Waals surface area (Å²) >= 11 is 0. The molecule has 0 saturated carbocycles. The predicted molar refractivity (Wildman–Crippen MR) is 98.8 cm³/mol. The zero-order chi connectivity index (χ0) is 20.5. The van der Waals surface area contributed by atoms with Crippen molar-refractivity contribution < 1.29 is 28.7 Å². The van der Waals surface area contributed by atoms with Gasteiger partial charge in [0.15, 0.2) is 11.5 Å². The van der Waals surface area contributed by atoms with Crippen molar-refractivity contribution >= 4 is 24.0 Å². The summed E-state index contributed by atoms with van der Waals surface area (Å²) in [7, 11) is 1.21. The van der Waals surface area contributed by atoms with Crippen LogP contribution in [0.25, 0.3) is 0 Å². The molecular formula is C18H17N3O7. The lowest BCUT2D eigenvalue weighted by atomic mass is 10.2. The normalized spacial score (nSPS) is 10.4. The minimum Gasteiger partial charge on any atom is -0.490 e. The van der Waals surface area contributed by atoms with Crippen LogP contribution in [0.1, 0.15) is 22.8 Å². The lowest BCUT2D eigenvalue weighted by molar-refractivity contribution is -0.384. The van der Waals surface area contributed by atoms with Gasteiger partial charge in [0, 0.05) is 12.1 Å². The second-order valence-electron chi connectivity index (χ2n) is 5.20. The van der Waals surface area contributed by atoms with E-state index in [9.17, 15) is 19.7 Å². The second-order valence-corrected chi connectivity index (χ2v) is 5.20. The average Bonchev–Trinajstić information content (AvgIpc) is 2.69. The quantitative estimate of drug-likeness (QED) is 0.254. The Morgan fingerprint density at radius 3 is 2.68 bits per heavy atom. The SMILES string of the molecule is CCOc1cc(C=NNC(=O)OC)ccc1OC(=O)c1cccc([N+](=O)[O-])c1. The van der Waals surface area contributed by atoms with Crippen molar-refractivity contribution in [3.05, 3.63) is 63.7 Å². The molecule has 0 heterocycles. The monoisotopic (exact) mass is 387 g/mol. The van der Waals surface area contributed by atoms with Gasteiger partial charge in [0.25, 0.3) is 5.69 Å². The molecule has 0 aliphatic carbocycles. The molecule has 1 N–H and O–H groups in total. The standard InChI is InChI=1S/C18H17N3O7/c1-3-27-16-9-12(11-19-20-18(23)26-2)7-8-15(16)28-17(22)13-5-4-6-14(10-13)21(24)25/h4-11H,3H2,1-2H3,(H,20,23). The van der Waals surface area contributed by atoms with E-state index in [0.717, 1.165) is 6.07 Å². The van der Waals surface area contributed by atoms with E-state index in [1.165, 1.54) is 37.6 Å². The van der Waals surface area contributed by atoms with Crippen LogP contribution in [0.5, 0.6) is 11.5 Å². The van der Waals surface area contributed by atoms with E-state index in [1.54, 1.807) is 19.1 Å². The second kappa shape index (κ2) is 9.67. The lowest BCUT2D eigenvalue weighted by Crippen LogP contribution is -2.16. The van der Waals surface area contributed by atoms with Gasteiger partial charge in [0.05, 0.1) is 30.4 Å². The van der Waals surface area contributed by atoms with Crippen molar-refractivity contribution in [3.8, 4) is 11.5 Å². The van der Waals surface area contributed by atoms with Gasteiger partial charge in [0.2, 0.25) is 0 Å². The topological polar surface area (TPSA) is 129 Å². The Labute approximate surface area is 159 Å². The summed E-state index contributed by atoms with van der Waals surface area (Å²) < 4.78 is 15.2. The third-order valence-corrected chi connectivity index (χ3v) is 3.32. The van der Waals surface area contributed by atoms with Crippen LogP contribution in [-0.2, 0) is 4.74 Å². The number of carbonyl (C=O) groups is 2. The zero-order valence-corrected chi connectivity index (χ0v) is 15.1. The van der Waals surface area contributed by atoms with Crippen LogP contribution < -0.4 is 14.9 Å². The van der Waals surface area contributed by atoms with Crippen molar-refractivity contribution in [2.75, 3.05) is 13.7 Å². The van der Waals surface area contributed by atoms with Crippen LogP contribution in [0.4, 0.5) is 10.5 Å². The van der Waals surface area contributed by atoms with Crippen LogP contribution in [0.3, 0.4) is 0 Å². The molecule has 0 aliphatic heterocycles. The molecule has 0 spiro atoms. The first-order chi connectivity index (χ1) is 13.4. The largest absolute Gasteiger partial charge is 0.490 e. The summed E-state index contributed by atoms with van der Waals surface area (Å²) in [5.41, 5.74) is 2.52. The Morgan fingerprint density at radius 2 is 2.00 bits per heavy atom. The molecule has 0 fully saturated rings. The maximum atomic E-state index is 12.3. The maximum absolute atomic E-state index is 12.3. The molecule has 0 unspecified atom stereocenters. The molecule has 0 radical (unpaired) electrons. The van der Waals surface area contributed by atoms with Gasteiger partial charge in [-0.05, 0) is 36.8 Å². The van der Waals surface area contributed by atoms with Crippen molar-refractivity contribution in [1.29, 1.82) is 0 Å². The Morgan fingerprint density at radius 1 is 1.21 bits per heavy atom. The first-order valence-electron chi connectivity index (χ1n) is 8.05. The average molecular weight is 387 g/mol. The number of nitro benzene ring substituents is 1. The number of carbonyl (C=O) groups excluding carboxylic acids is 2. The fourth-order valence-electron chi connectivity index (χ4n) is 2.07. The van der Waals surface area contributed by atoms with Gasteiger partial charge in [0.1, 0.15) is 0 Å². The van der Waals surface area contributed by atoms with Crippen molar-refractivity contribution in [1.82, 2.24) is 5.43 Å². The number of nitro groups is 1. The first-order valence-corrected chi connectivity index (χ1v) is 8.05. The zero-order valence-electron chi connectivity index (χ0n) is 15.1. The molecule has 10 nitrogen and oxygen atoms in total. The number of rotatable bonds is 7. The molecule has 0 atom stereocenters. The third kappa shape index (κ3) is 5.53. The maximum Gasteiger partial charge on any atom is 0.427 e. The van der Waals surface area contributed by atoms with Crippen LogP contribution in [0.2, 0.25) is 0 Å². The van der Waals surface area contributed by atoms with E-state index >= 15 is 0 Å². The Balaban J connectivity index is 2.20. The number of benzene rings is 2. The van der Waals surface area contributed by atoms with Crippen LogP contribution in [0.15, 0.2) is 47.6 Å². The summed E-state index contributed by atoms with van der Waals surface area (Å²) in [5.74, 6) is -0.363. The molecule has 146 valence electrons. The summed E-state index contributed by atoms with van der Waals surface area (Å²) in [4.78, 5) is 33.5. The number of nitrogens with zero attached hydrogens (tertiary/aromatic N) is 2. The summed E-state index contributed by atoms with van der Waals surface area (Å²) in [6.07, 6.45) is 0.634. The Kier molecular flexibility index (Phi) is 7.03. The smallest absolute Gasteiger partial charge is 0.427 e. The van der Waals surface area contributed by atoms with Gasteiger partial charge in [-0.1, -0.05) is 6.07 Å². The highest BCUT2D eigenvalue weighted by Crippen LogP contribution is 2.29. The summed E-state index contributed by atoms with van der Waals surface area (Å²) in [5, 5.41) is 14.5. The molecule has 0 aliphatic rings. The van der Waals surface area contributed by atoms with Gasteiger partial charge in [-0.2, -0.15) is 5.10 Å². The fraction of sp³-hybridized carbons (Fsp3) is 0.167. The van der Waals surface area contributed by atoms with Gasteiger partial charge < -0.3 is 14.2 Å². The summed E-state index contributed by atoms with van der Waals surface area (Å²) in [6, 6.07) is 9.84. The van der Waals surface area contributed by atoms with E-state index < -0.39 is 17.0 Å². The lowest BCUT2D eigenvalue weighted by Gasteiger charge is -2.11. The molecule has 10 heteroatoms. The van der Waals surface area contributed by atoms with Gasteiger partial charge >= 0.3 is 12.1 Å². The first kappa shape index (κ1) is 20.4. The minimum atomic E-state index is -0.765. The van der Waals surface area contributed by atoms with E-state index in [4.69, 9.17) is 9.47 Å². The van der Waals surface area contributed by atoms with Crippen molar-refractivity contribution in [2.24, 2.45) is 5.10 Å². The van der Waals surface area contributed by atoms with E-state index in [1.807, 2.05) is 0 Å². The third-order valence-electron chi connectivity index (χ3n) is 3.32. The summed E-state index contributed by atoms with van der Waals surface area (Å²) in [6.45, 7) is 2.06. The van der Waals surface area contributed by atoms with E-state index in [0.29, 0.717) is 12.2 Å². The molecule has 2 aromatic rings. The highest BCUT2D eigenvalue weighted by Gasteiger charge is 2.16. The molecule has 0 bridgehead atoms. The Hall–Kier alpha value is -3.95. The van der Waals surface area contributed by atoms with Gasteiger partial charge in [-0.3, -0.25) is 10.1 Å². The molecule has 28 heavy (non-hydrogen) atoms. The molecule has 2 aromatic carbocycles. The molecular weight excluding hydrogens is 370 g/mol. The highest BCUT2D eigenvalue weighted by atomic mass is 16.6. The molecule has 0 saturated heterocycles. The number of hydrogen-bond donors (Lipinski definition) is 1.